The van der Waals surface area contributed by atoms with Crippen LogP contribution < -0.4 is 14.8 Å². The Morgan fingerprint density at radius 3 is 2.70 bits per heavy atom. The fourth-order valence-electron chi connectivity index (χ4n) is 2.00. The first kappa shape index (κ1) is 13.1. The van der Waals surface area contributed by atoms with Crippen LogP contribution in [0.5, 0.6) is 11.5 Å². The van der Waals surface area contributed by atoms with Crippen molar-refractivity contribution in [2.24, 2.45) is 0 Å². The van der Waals surface area contributed by atoms with E-state index in [0.29, 0.717) is 22.9 Å². The average Bonchev–Trinajstić information content (AvgIpc) is 2.90. The number of benzene rings is 1. The summed E-state index contributed by atoms with van der Waals surface area (Å²) in [5, 5.41) is 2.80. The molecule has 0 bridgehead atoms. The minimum Gasteiger partial charge on any atom is -0.449 e. The van der Waals surface area contributed by atoms with E-state index in [2.05, 4.69) is 26.2 Å². The predicted molar refractivity (Wildman–Crippen MR) is 78.2 cm³/mol. The zero-order valence-corrected chi connectivity index (χ0v) is 12.6. The van der Waals surface area contributed by atoms with Gasteiger partial charge in [-0.15, -0.1) is 0 Å². The number of halogens is 1. The molecule has 2 aromatic rings. The summed E-state index contributed by atoms with van der Waals surface area (Å²) in [6.07, 6.45) is 1.71. The zero-order chi connectivity index (χ0) is 14.3. The Kier molecular flexibility index (Phi) is 2.97. The van der Waals surface area contributed by atoms with Crippen LogP contribution in [-0.2, 0) is 0 Å². The topological polar surface area (TPSA) is 63.3 Å². The Morgan fingerprint density at radius 2 is 2.00 bits per heavy atom. The molecule has 0 unspecified atom stereocenters. The van der Waals surface area contributed by atoms with Gasteiger partial charge in [-0.1, -0.05) is 0 Å². The van der Waals surface area contributed by atoms with Gasteiger partial charge in [-0.05, 0) is 34.1 Å². The molecule has 1 aliphatic heterocycles. The first-order valence-electron chi connectivity index (χ1n) is 6.10. The molecule has 5 nitrogen and oxygen atoms in total. The molecule has 0 atom stereocenters. The summed E-state index contributed by atoms with van der Waals surface area (Å²) in [6.45, 7) is 3.67. The molecular weight excluding hydrogens is 324 g/mol. The third kappa shape index (κ3) is 2.51. The molecule has 2 heterocycles. The van der Waals surface area contributed by atoms with E-state index in [-0.39, 0.29) is 5.91 Å². The largest absolute Gasteiger partial charge is 0.449 e. The van der Waals surface area contributed by atoms with Crippen molar-refractivity contribution in [3.8, 4) is 11.5 Å². The minimum atomic E-state index is -0.671. The number of amides is 1. The van der Waals surface area contributed by atoms with Gasteiger partial charge in [-0.25, -0.2) is 0 Å². The number of aromatic amines is 1. The van der Waals surface area contributed by atoms with Crippen LogP contribution in [0.4, 0.5) is 5.69 Å². The van der Waals surface area contributed by atoms with Gasteiger partial charge in [0.15, 0.2) is 11.5 Å². The molecule has 1 aromatic carbocycles. The van der Waals surface area contributed by atoms with Crippen LogP contribution in [0.25, 0.3) is 0 Å². The smallest absolute Gasteiger partial charge is 0.272 e. The van der Waals surface area contributed by atoms with Crippen molar-refractivity contribution in [3.63, 3.8) is 0 Å². The van der Waals surface area contributed by atoms with Crippen molar-refractivity contribution >= 4 is 27.5 Å². The number of hydrogen-bond donors (Lipinski definition) is 2. The Morgan fingerprint density at radius 1 is 1.25 bits per heavy atom. The molecule has 3 rings (SSSR count). The Balaban J connectivity index is 1.78. The van der Waals surface area contributed by atoms with E-state index in [1.165, 1.54) is 0 Å². The molecule has 0 saturated heterocycles. The lowest BCUT2D eigenvalue weighted by atomic mass is 10.2. The SMILES string of the molecule is CC1(C)Oc2ccc(NC(=O)c3cc(Br)c[nH]3)cc2O1. The molecule has 0 saturated carbocycles. The molecule has 0 radical (unpaired) electrons. The van der Waals surface area contributed by atoms with Crippen molar-refractivity contribution in [1.29, 1.82) is 0 Å². The van der Waals surface area contributed by atoms with Gasteiger partial charge in [-0.3, -0.25) is 4.79 Å². The third-order valence-electron chi connectivity index (χ3n) is 2.81. The molecule has 104 valence electrons. The van der Waals surface area contributed by atoms with Gasteiger partial charge in [0, 0.05) is 36.3 Å². The monoisotopic (exact) mass is 336 g/mol. The van der Waals surface area contributed by atoms with Gasteiger partial charge >= 0.3 is 0 Å². The normalized spacial score (nSPS) is 15.2. The minimum absolute atomic E-state index is 0.214. The van der Waals surface area contributed by atoms with Gasteiger partial charge in [0.2, 0.25) is 5.79 Å². The second kappa shape index (κ2) is 4.56. The van der Waals surface area contributed by atoms with Crippen LogP contribution in [0.3, 0.4) is 0 Å². The quantitative estimate of drug-likeness (QED) is 0.881. The highest BCUT2D eigenvalue weighted by atomic mass is 79.9. The van der Waals surface area contributed by atoms with Crippen molar-refractivity contribution in [1.82, 2.24) is 4.98 Å². The van der Waals surface area contributed by atoms with Crippen molar-refractivity contribution < 1.29 is 14.3 Å². The summed E-state index contributed by atoms with van der Waals surface area (Å²) in [5.74, 6) is 0.417. The first-order valence-corrected chi connectivity index (χ1v) is 6.90. The molecule has 0 aliphatic carbocycles. The molecule has 0 spiro atoms. The van der Waals surface area contributed by atoms with Gasteiger partial charge in [-0.2, -0.15) is 0 Å². The third-order valence-corrected chi connectivity index (χ3v) is 3.26. The highest BCUT2D eigenvalue weighted by molar-refractivity contribution is 9.10. The second-order valence-electron chi connectivity index (χ2n) is 4.95. The van der Waals surface area contributed by atoms with E-state index < -0.39 is 5.79 Å². The maximum absolute atomic E-state index is 12.0. The Bertz CT molecular complexity index is 679. The van der Waals surface area contributed by atoms with E-state index in [9.17, 15) is 4.79 Å². The van der Waals surface area contributed by atoms with E-state index >= 15 is 0 Å². The lowest BCUT2D eigenvalue weighted by Gasteiger charge is -2.16. The number of fused-ring (bicyclic) bond motifs is 1. The predicted octanol–water partition coefficient (Wildman–Crippen LogP) is 3.54. The summed E-state index contributed by atoms with van der Waals surface area (Å²) in [6, 6.07) is 7.02. The van der Waals surface area contributed by atoms with Crippen LogP contribution in [0.2, 0.25) is 0 Å². The number of aromatic nitrogens is 1. The molecule has 20 heavy (non-hydrogen) atoms. The molecule has 1 aliphatic rings. The summed E-state index contributed by atoms with van der Waals surface area (Å²) in [5.41, 5.74) is 1.13. The molecule has 1 amide bonds. The highest BCUT2D eigenvalue weighted by Gasteiger charge is 2.31. The van der Waals surface area contributed by atoms with Gasteiger partial charge in [0.1, 0.15) is 5.69 Å². The number of nitrogens with one attached hydrogen (secondary N) is 2. The van der Waals surface area contributed by atoms with E-state index in [4.69, 9.17) is 9.47 Å². The molecule has 1 aromatic heterocycles. The average molecular weight is 337 g/mol. The highest BCUT2D eigenvalue weighted by Crippen LogP contribution is 2.40. The fraction of sp³-hybridized carbons (Fsp3) is 0.214. The number of H-pyrrole nitrogens is 1. The standard InChI is InChI=1S/C14H13BrN2O3/c1-14(2)19-11-4-3-9(6-12(11)20-14)17-13(18)10-5-8(15)7-16-10/h3-7,16H,1-2H3,(H,17,18). The summed E-state index contributed by atoms with van der Waals surface area (Å²) < 4.78 is 12.1. The van der Waals surface area contributed by atoms with Crippen LogP contribution in [0.15, 0.2) is 34.9 Å². The van der Waals surface area contributed by atoms with E-state index in [0.717, 1.165) is 4.47 Å². The van der Waals surface area contributed by atoms with Gasteiger partial charge < -0.3 is 19.8 Å². The molecule has 2 N–H and O–H groups in total. The van der Waals surface area contributed by atoms with E-state index in [1.54, 1.807) is 30.5 Å². The van der Waals surface area contributed by atoms with Crippen LogP contribution in [0.1, 0.15) is 24.3 Å². The Hall–Kier alpha value is -1.95. The first-order chi connectivity index (χ1) is 9.43. The second-order valence-corrected chi connectivity index (χ2v) is 5.87. The van der Waals surface area contributed by atoms with Crippen LogP contribution in [-0.4, -0.2) is 16.7 Å². The van der Waals surface area contributed by atoms with Crippen LogP contribution in [0, 0.1) is 0 Å². The number of carbonyl (C=O) groups is 1. The number of carbonyl (C=O) groups excluding carboxylic acids is 1. The molecule has 6 heteroatoms. The number of rotatable bonds is 2. The zero-order valence-electron chi connectivity index (χ0n) is 11.0. The lowest BCUT2D eigenvalue weighted by molar-refractivity contribution is -0.0431. The maximum Gasteiger partial charge on any atom is 0.272 e. The van der Waals surface area contributed by atoms with Crippen molar-refractivity contribution in [2.45, 2.75) is 19.6 Å². The van der Waals surface area contributed by atoms with Crippen molar-refractivity contribution in [2.75, 3.05) is 5.32 Å². The number of ether oxygens (including phenoxy) is 2. The van der Waals surface area contributed by atoms with Gasteiger partial charge in [0.05, 0.1) is 0 Å². The van der Waals surface area contributed by atoms with Crippen molar-refractivity contribution in [3.05, 3.63) is 40.6 Å². The Labute approximate surface area is 124 Å². The number of anilines is 1. The lowest BCUT2D eigenvalue weighted by Crippen LogP contribution is -2.29. The molecule has 0 fully saturated rings. The number of hydrogen-bond acceptors (Lipinski definition) is 3. The molecular formula is C14H13BrN2O3. The summed E-state index contributed by atoms with van der Waals surface area (Å²) in [4.78, 5) is 14.9. The fourth-order valence-corrected chi connectivity index (χ4v) is 2.34. The maximum atomic E-state index is 12.0. The summed E-state index contributed by atoms with van der Waals surface area (Å²) in [7, 11) is 0. The van der Waals surface area contributed by atoms with E-state index in [1.807, 2.05) is 13.8 Å². The van der Waals surface area contributed by atoms with Crippen LogP contribution >= 0.6 is 15.9 Å². The van der Waals surface area contributed by atoms with Gasteiger partial charge in [0.25, 0.3) is 5.91 Å². The summed E-state index contributed by atoms with van der Waals surface area (Å²) >= 11 is 3.29.